The molecule has 0 spiro atoms. The molecule has 0 unspecified atom stereocenters. The number of halogens is 1. The van der Waals surface area contributed by atoms with Gasteiger partial charge in [0.1, 0.15) is 5.82 Å². The first-order chi connectivity index (χ1) is 11.4. The van der Waals surface area contributed by atoms with E-state index < -0.39 is 29.2 Å². The van der Waals surface area contributed by atoms with Crippen molar-refractivity contribution in [1.82, 2.24) is 0 Å². The van der Waals surface area contributed by atoms with Crippen LogP contribution in [0.5, 0.6) is 0 Å². The molecule has 0 aromatic heterocycles. The van der Waals surface area contributed by atoms with Gasteiger partial charge < -0.3 is 10.1 Å². The van der Waals surface area contributed by atoms with Crippen molar-refractivity contribution in [3.05, 3.63) is 69.5 Å². The molecule has 2 rings (SSSR count). The number of nitrogens with zero attached hydrogens (tertiary/aromatic N) is 1. The Morgan fingerprint density at radius 1 is 1.25 bits per heavy atom. The largest absolute Gasteiger partial charge is 0.452 e. The lowest BCUT2D eigenvalue weighted by Crippen LogP contribution is -2.21. The van der Waals surface area contributed by atoms with Gasteiger partial charge in [0.05, 0.1) is 10.5 Å². The van der Waals surface area contributed by atoms with Crippen LogP contribution in [0.15, 0.2) is 42.5 Å². The van der Waals surface area contributed by atoms with E-state index in [0.29, 0.717) is 11.3 Å². The number of hydrogen-bond donors (Lipinski definition) is 1. The zero-order valence-corrected chi connectivity index (χ0v) is 12.6. The standard InChI is InChI=1S/C16H13FN2O5/c1-10-7-13(19(22)23)5-6-14(10)18-15(20)9-24-16(21)11-3-2-4-12(17)8-11/h2-8H,9H2,1H3,(H,18,20). The van der Waals surface area contributed by atoms with E-state index in [1.807, 2.05) is 0 Å². The van der Waals surface area contributed by atoms with Gasteiger partial charge in [0.15, 0.2) is 6.61 Å². The molecule has 0 atom stereocenters. The van der Waals surface area contributed by atoms with Crippen LogP contribution in [-0.2, 0) is 9.53 Å². The Morgan fingerprint density at radius 2 is 2.00 bits per heavy atom. The molecule has 0 aliphatic carbocycles. The first-order valence-corrected chi connectivity index (χ1v) is 6.84. The smallest absolute Gasteiger partial charge is 0.338 e. The lowest BCUT2D eigenvalue weighted by molar-refractivity contribution is -0.384. The summed E-state index contributed by atoms with van der Waals surface area (Å²) >= 11 is 0. The topological polar surface area (TPSA) is 98.5 Å². The Bertz CT molecular complexity index is 807. The van der Waals surface area contributed by atoms with Gasteiger partial charge in [-0.3, -0.25) is 14.9 Å². The highest BCUT2D eigenvalue weighted by atomic mass is 19.1. The van der Waals surface area contributed by atoms with Crippen molar-refractivity contribution in [2.24, 2.45) is 0 Å². The number of non-ortho nitro benzene ring substituents is 1. The van der Waals surface area contributed by atoms with Crippen LogP contribution in [0.25, 0.3) is 0 Å². The molecule has 2 aromatic rings. The Hall–Kier alpha value is -3.29. The van der Waals surface area contributed by atoms with Crippen molar-refractivity contribution in [2.45, 2.75) is 6.92 Å². The van der Waals surface area contributed by atoms with E-state index in [9.17, 15) is 24.1 Å². The van der Waals surface area contributed by atoms with Gasteiger partial charge in [-0.2, -0.15) is 0 Å². The zero-order chi connectivity index (χ0) is 17.7. The van der Waals surface area contributed by atoms with Crippen LogP contribution < -0.4 is 5.32 Å². The minimum Gasteiger partial charge on any atom is -0.452 e. The molecular formula is C16H13FN2O5. The maximum atomic E-state index is 13.0. The van der Waals surface area contributed by atoms with Crippen LogP contribution in [0.1, 0.15) is 15.9 Å². The maximum absolute atomic E-state index is 13.0. The summed E-state index contributed by atoms with van der Waals surface area (Å²) in [5, 5.41) is 13.1. The molecule has 8 heteroatoms. The molecule has 2 aromatic carbocycles. The minimum absolute atomic E-state index is 0.00526. The Labute approximate surface area is 136 Å². The Balaban J connectivity index is 1.94. The number of amides is 1. The normalized spacial score (nSPS) is 10.1. The van der Waals surface area contributed by atoms with Gasteiger partial charge in [-0.1, -0.05) is 6.07 Å². The Morgan fingerprint density at radius 3 is 2.62 bits per heavy atom. The lowest BCUT2D eigenvalue weighted by Gasteiger charge is -2.09. The number of carbonyl (C=O) groups is 2. The molecule has 0 fully saturated rings. The van der Waals surface area contributed by atoms with E-state index in [2.05, 4.69) is 5.32 Å². The fraction of sp³-hybridized carbons (Fsp3) is 0.125. The third-order valence-electron chi connectivity index (χ3n) is 3.09. The fourth-order valence-electron chi connectivity index (χ4n) is 1.92. The van der Waals surface area contributed by atoms with Crippen molar-refractivity contribution in [1.29, 1.82) is 0 Å². The highest BCUT2D eigenvalue weighted by molar-refractivity contribution is 5.96. The summed E-state index contributed by atoms with van der Waals surface area (Å²) in [6, 6.07) is 8.85. The number of carbonyl (C=O) groups excluding carboxylic acids is 2. The molecule has 0 aliphatic heterocycles. The number of nitro groups is 1. The summed E-state index contributed by atoms with van der Waals surface area (Å²) < 4.78 is 17.8. The summed E-state index contributed by atoms with van der Waals surface area (Å²) in [4.78, 5) is 33.6. The molecule has 0 radical (unpaired) electrons. The SMILES string of the molecule is Cc1cc([N+](=O)[O-])ccc1NC(=O)COC(=O)c1cccc(F)c1. The highest BCUT2D eigenvalue weighted by Gasteiger charge is 2.13. The molecule has 124 valence electrons. The van der Waals surface area contributed by atoms with Gasteiger partial charge in [-0.05, 0) is 36.8 Å². The predicted octanol–water partition coefficient (Wildman–Crippen LogP) is 2.84. The van der Waals surface area contributed by atoms with E-state index in [4.69, 9.17) is 4.74 Å². The molecule has 0 bridgehead atoms. The summed E-state index contributed by atoms with van der Waals surface area (Å²) in [6.45, 7) is 1.03. The first kappa shape index (κ1) is 17.1. The summed E-state index contributed by atoms with van der Waals surface area (Å²) in [5.74, 6) is -2.03. The lowest BCUT2D eigenvalue weighted by atomic mass is 10.2. The van der Waals surface area contributed by atoms with Crippen LogP contribution in [0.4, 0.5) is 15.8 Å². The van der Waals surface area contributed by atoms with Crippen molar-refractivity contribution in [3.63, 3.8) is 0 Å². The number of hydrogen-bond acceptors (Lipinski definition) is 5. The van der Waals surface area contributed by atoms with Crippen LogP contribution in [-0.4, -0.2) is 23.4 Å². The number of nitrogens with one attached hydrogen (secondary N) is 1. The first-order valence-electron chi connectivity index (χ1n) is 6.84. The average molecular weight is 332 g/mol. The number of benzene rings is 2. The molecule has 0 saturated carbocycles. The van der Waals surface area contributed by atoms with E-state index >= 15 is 0 Å². The predicted molar refractivity (Wildman–Crippen MR) is 83.1 cm³/mol. The Kier molecular flexibility index (Phi) is 5.20. The second-order valence-electron chi connectivity index (χ2n) is 4.89. The van der Waals surface area contributed by atoms with Crippen LogP contribution >= 0.6 is 0 Å². The maximum Gasteiger partial charge on any atom is 0.338 e. The minimum atomic E-state index is -0.829. The molecule has 0 heterocycles. The van der Waals surface area contributed by atoms with Crippen molar-refractivity contribution in [2.75, 3.05) is 11.9 Å². The van der Waals surface area contributed by atoms with E-state index in [-0.39, 0.29) is 11.3 Å². The molecule has 1 N–H and O–H groups in total. The van der Waals surface area contributed by atoms with Gasteiger partial charge in [0, 0.05) is 17.8 Å². The molecular weight excluding hydrogens is 319 g/mol. The summed E-state index contributed by atoms with van der Waals surface area (Å²) in [6.07, 6.45) is 0. The molecule has 0 aliphatic rings. The fourth-order valence-corrected chi connectivity index (χ4v) is 1.92. The zero-order valence-electron chi connectivity index (χ0n) is 12.6. The van der Waals surface area contributed by atoms with Crippen LogP contribution in [0.2, 0.25) is 0 Å². The van der Waals surface area contributed by atoms with Crippen molar-refractivity contribution in [3.8, 4) is 0 Å². The van der Waals surface area contributed by atoms with Gasteiger partial charge in [-0.15, -0.1) is 0 Å². The van der Waals surface area contributed by atoms with Gasteiger partial charge >= 0.3 is 5.97 Å². The number of aryl methyl sites for hydroxylation is 1. The van der Waals surface area contributed by atoms with Crippen LogP contribution in [0, 0.1) is 22.9 Å². The van der Waals surface area contributed by atoms with E-state index in [1.54, 1.807) is 6.92 Å². The quantitative estimate of drug-likeness (QED) is 0.516. The summed E-state index contributed by atoms with van der Waals surface area (Å²) in [5.41, 5.74) is 0.763. The molecule has 7 nitrogen and oxygen atoms in total. The average Bonchev–Trinajstić information content (AvgIpc) is 2.54. The van der Waals surface area contributed by atoms with Crippen LogP contribution in [0.3, 0.4) is 0 Å². The van der Waals surface area contributed by atoms with Gasteiger partial charge in [0.25, 0.3) is 11.6 Å². The number of ether oxygens (including phenoxy) is 1. The second-order valence-corrected chi connectivity index (χ2v) is 4.89. The third kappa shape index (κ3) is 4.35. The third-order valence-corrected chi connectivity index (χ3v) is 3.09. The van der Waals surface area contributed by atoms with Crippen molar-refractivity contribution < 1.29 is 23.6 Å². The van der Waals surface area contributed by atoms with E-state index in [1.165, 1.54) is 36.4 Å². The number of rotatable bonds is 5. The summed E-state index contributed by atoms with van der Waals surface area (Å²) in [7, 11) is 0. The monoisotopic (exact) mass is 332 g/mol. The second kappa shape index (κ2) is 7.32. The van der Waals surface area contributed by atoms with E-state index in [0.717, 1.165) is 6.07 Å². The number of nitro benzene ring substituents is 1. The highest BCUT2D eigenvalue weighted by Crippen LogP contribution is 2.21. The molecule has 24 heavy (non-hydrogen) atoms. The molecule has 1 amide bonds. The van der Waals surface area contributed by atoms with Gasteiger partial charge in [0.2, 0.25) is 0 Å². The van der Waals surface area contributed by atoms with Gasteiger partial charge in [-0.25, -0.2) is 9.18 Å². The number of esters is 1. The number of anilines is 1. The van der Waals surface area contributed by atoms with Crippen molar-refractivity contribution >= 4 is 23.3 Å². The molecule has 0 saturated heterocycles.